The van der Waals surface area contributed by atoms with E-state index in [9.17, 15) is 4.79 Å². The van der Waals surface area contributed by atoms with Gasteiger partial charge in [0.05, 0.1) is 6.04 Å². The summed E-state index contributed by atoms with van der Waals surface area (Å²) in [6.45, 7) is 5.04. The van der Waals surface area contributed by atoms with E-state index in [1.165, 1.54) is 0 Å². The second kappa shape index (κ2) is 7.80. The first-order valence-electron chi connectivity index (χ1n) is 5.57. The topological polar surface area (TPSA) is 32.3 Å². The van der Waals surface area contributed by atoms with Crippen LogP contribution in [-0.2, 0) is 4.79 Å². The predicted octanol–water partition coefficient (Wildman–Crippen LogP) is 1.63. The number of carbonyl (C=O) groups excluding carboxylic acids is 1. The molecule has 0 fully saturated rings. The second-order valence-electron chi connectivity index (χ2n) is 3.91. The fraction of sp³-hybridized carbons (Fsp3) is 0.909. The number of nitrogens with one attached hydrogen (secondary N) is 1. The number of hydrogen-bond acceptors (Lipinski definition) is 2. The number of unbranched alkanes of at least 4 members (excludes halogenated alkanes) is 1. The van der Waals surface area contributed by atoms with Crippen LogP contribution in [0.4, 0.5) is 0 Å². The Morgan fingerprint density at radius 1 is 1.29 bits per heavy atom. The summed E-state index contributed by atoms with van der Waals surface area (Å²) in [5.41, 5.74) is 0. The van der Waals surface area contributed by atoms with E-state index in [0.29, 0.717) is 0 Å². The van der Waals surface area contributed by atoms with Gasteiger partial charge in [-0.05, 0) is 26.9 Å². The lowest BCUT2D eigenvalue weighted by Gasteiger charge is -2.22. The molecule has 0 aromatic heterocycles. The molecular weight excluding hydrogens is 176 g/mol. The van der Waals surface area contributed by atoms with Gasteiger partial charge in [-0.2, -0.15) is 0 Å². The highest BCUT2D eigenvalue weighted by Crippen LogP contribution is 2.03. The molecule has 1 unspecified atom stereocenters. The van der Waals surface area contributed by atoms with Gasteiger partial charge >= 0.3 is 0 Å². The molecule has 84 valence electrons. The first-order valence-corrected chi connectivity index (χ1v) is 5.57. The smallest absolute Gasteiger partial charge is 0.237 e. The zero-order valence-corrected chi connectivity index (χ0v) is 9.97. The Kier molecular flexibility index (Phi) is 7.48. The van der Waals surface area contributed by atoms with Crippen molar-refractivity contribution >= 4 is 5.91 Å². The fourth-order valence-electron chi connectivity index (χ4n) is 1.40. The van der Waals surface area contributed by atoms with Crippen LogP contribution < -0.4 is 5.32 Å². The summed E-state index contributed by atoms with van der Waals surface area (Å²) >= 11 is 0. The van der Waals surface area contributed by atoms with Crippen LogP contribution in [0.5, 0.6) is 0 Å². The molecule has 0 saturated carbocycles. The molecular formula is C11H24N2O. The molecule has 0 aromatic rings. The molecule has 0 spiro atoms. The first kappa shape index (κ1) is 13.4. The maximum atomic E-state index is 11.7. The highest BCUT2D eigenvalue weighted by atomic mass is 16.2. The van der Waals surface area contributed by atoms with Gasteiger partial charge in [0.1, 0.15) is 0 Å². The second-order valence-corrected chi connectivity index (χ2v) is 3.91. The van der Waals surface area contributed by atoms with Crippen molar-refractivity contribution in [2.75, 3.05) is 20.6 Å². The van der Waals surface area contributed by atoms with Crippen molar-refractivity contribution in [3.63, 3.8) is 0 Å². The highest BCUT2D eigenvalue weighted by molar-refractivity contribution is 5.81. The van der Waals surface area contributed by atoms with Crippen molar-refractivity contribution < 1.29 is 4.79 Å². The summed E-state index contributed by atoms with van der Waals surface area (Å²) in [5.74, 6) is 0.172. The molecule has 1 atom stereocenters. The molecule has 0 rings (SSSR count). The van der Waals surface area contributed by atoms with Crippen molar-refractivity contribution in [2.45, 2.75) is 45.6 Å². The van der Waals surface area contributed by atoms with Crippen LogP contribution in [0.1, 0.15) is 39.5 Å². The van der Waals surface area contributed by atoms with Gasteiger partial charge in [-0.25, -0.2) is 0 Å². The Morgan fingerprint density at radius 3 is 2.36 bits per heavy atom. The zero-order chi connectivity index (χ0) is 11.0. The molecule has 0 aliphatic heterocycles. The molecule has 1 amide bonds. The molecule has 0 bridgehead atoms. The van der Waals surface area contributed by atoms with E-state index >= 15 is 0 Å². The SMILES string of the molecule is CCCCNC(=O)C(CCC)N(C)C. The number of likely N-dealkylation sites (N-methyl/N-ethyl adjacent to an activating group) is 1. The Labute approximate surface area is 87.9 Å². The molecule has 0 aliphatic carbocycles. The third kappa shape index (κ3) is 5.22. The summed E-state index contributed by atoms with van der Waals surface area (Å²) in [7, 11) is 3.92. The molecule has 0 radical (unpaired) electrons. The number of amides is 1. The summed E-state index contributed by atoms with van der Waals surface area (Å²) in [6, 6.07) is 0.0388. The largest absolute Gasteiger partial charge is 0.355 e. The average molecular weight is 200 g/mol. The standard InChI is InChI=1S/C11H24N2O/c1-5-7-9-12-11(14)10(8-6-2)13(3)4/h10H,5-9H2,1-4H3,(H,12,14). The molecule has 3 heteroatoms. The van der Waals surface area contributed by atoms with E-state index in [2.05, 4.69) is 19.2 Å². The predicted molar refractivity (Wildman–Crippen MR) is 60.3 cm³/mol. The summed E-state index contributed by atoms with van der Waals surface area (Å²) in [4.78, 5) is 13.7. The first-order chi connectivity index (χ1) is 6.63. The Morgan fingerprint density at radius 2 is 1.93 bits per heavy atom. The lowest BCUT2D eigenvalue weighted by Crippen LogP contribution is -2.43. The Bertz CT molecular complexity index is 157. The zero-order valence-electron chi connectivity index (χ0n) is 9.97. The Hall–Kier alpha value is -0.570. The van der Waals surface area contributed by atoms with Crippen molar-refractivity contribution in [3.8, 4) is 0 Å². The van der Waals surface area contributed by atoms with Gasteiger partial charge in [0.2, 0.25) is 5.91 Å². The van der Waals surface area contributed by atoms with E-state index < -0.39 is 0 Å². The van der Waals surface area contributed by atoms with Crippen molar-refractivity contribution in [1.29, 1.82) is 0 Å². The van der Waals surface area contributed by atoms with Crippen molar-refractivity contribution in [3.05, 3.63) is 0 Å². The molecule has 0 saturated heterocycles. The molecule has 0 heterocycles. The number of carbonyl (C=O) groups is 1. The molecule has 14 heavy (non-hydrogen) atoms. The fourth-order valence-corrected chi connectivity index (χ4v) is 1.40. The van der Waals surface area contributed by atoms with Crippen LogP contribution in [-0.4, -0.2) is 37.5 Å². The van der Waals surface area contributed by atoms with Crippen molar-refractivity contribution in [2.24, 2.45) is 0 Å². The maximum absolute atomic E-state index is 11.7. The quantitative estimate of drug-likeness (QED) is 0.634. The van der Waals surface area contributed by atoms with Crippen LogP contribution >= 0.6 is 0 Å². The van der Waals surface area contributed by atoms with Gasteiger partial charge < -0.3 is 5.32 Å². The van der Waals surface area contributed by atoms with Gasteiger partial charge in [-0.15, -0.1) is 0 Å². The lowest BCUT2D eigenvalue weighted by atomic mass is 10.1. The minimum absolute atomic E-state index is 0.0388. The van der Waals surface area contributed by atoms with Crippen molar-refractivity contribution in [1.82, 2.24) is 10.2 Å². The number of rotatable bonds is 7. The Balaban J connectivity index is 3.89. The summed E-state index contributed by atoms with van der Waals surface area (Å²) < 4.78 is 0. The average Bonchev–Trinajstić information content (AvgIpc) is 2.13. The van der Waals surface area contributed by atoms with E-state index in [4.69, 9.17) is 0 Å². The third-order valence-corrected chi connectivity index (χ3v) is 2.32. The molecule has 1 N–H and O–H groups in total. The monoisotopic (exact) mass is 200 g/mol. The van der Waals surface area contributed by atoms with Crippen LogP contribution in [0.3, 0.4) is 0 Å². The van der Waals surface area contributed by atoms with Crippen LogP contribution in [0.15, 0.2) is 0 Å². The van der Waals surface area contributed by atoms with Crippen LogP contribution in [0.2, 0.25) is 0 Å². The maximum Gasteiger partial charge on any atom is 0.237 e. The van der Waals surface area contributed by atoms with Gasteiger partial charge in [0, 0.05) is 6.54 Å². The van der Waals surface area contributed by atoms with Gasteiger partial charge in [-0.3, -0.25) is 9.69 Å². The van der Waals surface area contributed by atoms with Gasteiger partial charge in [0.25, 0.3) is 0 Å². The van der Waals surface area contributed by atoms with E-state index in [0.717, 1.165) is 32.2 Å². The summed E-state index contributed by atoms with van der Waals surface area (Å²) in [5, 5.41) is 2.97. The minimum atomic E-state index is 0.0388. The van der Waals surface area contributed by atoms with E-state index in [-0.39, 0.29) is 11.9 Å². The molecule has 0 aliphatic rings. The van der Waals surface area contributed by atoms with Crippen LogP contribution in [0.25, 0.3) is 0 Å². The van der Waals surface area contributed by atoms with Gasteiger partial charge in [-0.1, -0.05) is 26.7 Å². The molecule has 0 aromatic carbocycles. The highest BCUT2D eigenvalue weighted by Gasteiger charge is 2.18. The number of hydrogen-bond donors (Lipinski definition) is 1. The summed E-state index contributed by atoms with van der Waals surface area (Å²) in [6.07, 6.45) is 4.17. The number of nitrogens with zero attached hydrogens (tertiary/aromatic N) is 1. The minimum Gasteiger partial charge on any atom is -0.355 e. The lowest BCUT2D eigenvalue weighted by molar-refractivity contribution is -0.125. The van der Waals surface area contributed by atoms with Gasteiger partial charge in [0.15, 0.2) is 0 Å². The normalized spacial score (nSPS) is 12.9. The third-order valence-electron chi connectivity index (χ3n) is 2.32. The van der Waals surface area contributed by atoms with E-state index in [1.54, 1.807) is 0 Å². The van der Waals surface area contributed by atoms with Crippen LogP contribution in [0, 0.1) is 0 Å². The van der Waals surface area contributed by atoms with E-state index in [1.807, 2.05) is 19.0 Å². The molecule has 3 nitrogen and oxygen atoms in total.